The summed E-state index contributed by atoms with van der Waals surface area (Å²) in [5.74, 6) is 0.874. The van der Waals surface area contributed by atoms with Crippen molar-refractivity contribution in [2.24, 2.45) is 5.73 Å². The van der Waals surface area contributed by atoms with Gasteiger partial charge in [-0.15, -0.1) is 0 Å². The number of rotatable bonds is 7. The molecule has 1 rings (SSSR count). The van der Waals surface area contributed by atoms with E-state index in [2.05, 4.69) is 0 Å². The highest BCUT2D eigenvalue weighted by atomic mass is 35.5. The Kier molecular flexibility index (Phi) is 5.99. The number of carboxylic acid groups (broad SMARTS) is 1. The Hall–Kier alpha value is -0.710. The average Bonchev–Trinajstić information content (AvgIpc) is 2.31. The molecule has 0 radical (unpaired) electrons. The Bertz CT molecular complexity index is 392. The van der Waals surface area contributed by atoms with Gasteiger partial charge in [0.2, 0.25) is 0 Å². The highest BCUT2D eigenvalue weighted by Crippen LogP contribution is 2.18. The Morgan fingerprint density at radius 1 is 1.44 bits per heavy atom. The number of aliphatic carboxylic acids is 1. The molecule has 0 spiro atoms. The maximum atomic E-state index is 10.8. The second-order valence-corrected chi connectivity index (χ2v) is 6.05. The summed E-state index contributed by atoms with van der Waals surface area (Å²) in [5, 5.41) is 9.60. The van der Waals surface area contributed by atoms with E-state index in [0.717, 1.165) is 22.9 Å². The summed E-state index contributed by atoms with van der Waals surface area (Å²) in [4.78, 5) is 10.8. The van der Waals surface area contributed by atoms with Crippen LogP contribution in [-0.2, 0) is 10.5 Å². The fourth-order valence-corrected chi connectivity index (χ4v) is 2.47. The molecule has 18 heavy (non-hydrogen) atoms. The maximum Gasteiger partial charge on any atom is 0.323 e. The molecule has 0 aliphatic carbocycles. The van der Waals surface area contributed by atoms with Gasteiger partial charge in [-0.2, -0.15) is 11.8 Å². The number of thioether (sulfide) groups is 1. The van der Waals surface area contributed by atoms with Crippen LogP contribution in [0, 0.1) is 0 Å². The van der Waals surface area contributed by atoms with Gasteiger partial charge in [0.15, 0.2) is 0 Å². The predicted molar refractivity (Wildman–Crippen MR) is 77.1 cm³/mol. The molecular weight excluding hydrogens is 270 g/mol. The van der Waals surface area contributed by atoms with E-state index in [9.17, 15) is 4.79 Å². The zero-order chi connectivity index (χ0) is 13.6. The van der Waals surface area contributed by atoms with E-state index < -0.39 is 11.5 Å². The molecule has 5 heteroatoms. The number of carboxylic acids is 1. The van der Waals surface area contributed by atoms with Crippen LogP contribution in [0.15, 0.2) is 24.3 Å². The van der Waals surface area contributed by atoms with Gasteiger partial charge in [-0.1, -0.05) is 23.7 Å². The standard InChI is InChI=1S/C13H18ClNO2S/c1-13(15,12(16)17)7-2-8-18-9-10-3-5-11(14)6-4-10/h3-6H,2,7-9,15H2,1H3,(H,16,17). The van der Waals surface area contributed by atoms with Crippen LogP contribution in [0.5, 0.6) is 0 Å². The fraction of sp³-hybridized carbons (Fsp3) is 0.462. The van der Waals surface area contributed by atoms with Crippen LogP contribution in [-0.4, -0.2) is 22.4 Å². The van der Waals surface area contributed by atoms with Gasteiger partial charge in [-0.3, -0.25) is 4.79 Å². The highest BCUT2D eigenvalue weighted by Gasteiger charge is 2.26. The molecular formula is C13H18ClNO2S. The van der Waals surface area contributed by atoms with Crippen LogP contribution in [0.2, 0.25) is 5.02 Å². The van der Waals surface area contributed by atoms with Gasteiger partial charge in [0.05, 0.1) is 0 Å². The minimum atomic E-state index is -1.11. The third-order valence-electron chi connectivity index (χ3n) is 2.66. The SMILES string of the molecule is CC(N)(CCCSCc1ccc(Cl)cc1)C(=O)O. The monoisotopic (exact) mass is 287 g/mol. The molecule has 0 saturated heterocycles. The predicted octanol–water partition coefficient (Wildman–Crippen LogP) is 3.16. The molecule has 1 unspecified atom stereocenters. The fourth-order valence-electron chi connectivity index (χ4n) is 1.42. The lowest BCUT2D eigenvalue weighted by Gasteiger charge is -2.18. The van der Waals surface area contributed by atoms with Crippen LogP contribution in [0.4, 0.5) is 0 Å². The number of benzene rings is 1. The topological polar surface area (TPSA) is 63.3 Å². The van der Waals surface area contributed by atoms with Gasteiger partial charge < -0.3 is 10.8 Å². The molecule has 0 amide bonds. The van der Waals surface area contributed by atoms with E-state index in [0.29, 0.717) is 6.42 Å². The van der Waals surface area contributed by atoms with Crippen molar-refractivity contribution in [1.82, 2.24) is 0 Å². The van der Waals surface area contributed by atoms with Crippen molar-refractivity contribution < 1.29 is 9.90 Å². The van der Waals surface area contributed by atoms with Crippen LogP contribution in [0.25, 0.3) is 0 Å². The Labute approximate surface area is 117 Å². The number of halogens is 1. The lowest BCUT2D eigenvalue weighted by atomic mass is 9.98. The minimum Gasteiger partial charge on any atom is -0.480 e. The molecule has 0 heterocycles. The second-order valence-electron chi connectivity index (χ2n) is 4.51. The summed E-state index contributed by atoms with van der Waals surface area (Å²) >= 11 is 7.57. The summed E-state index contributed by atoms with van der Waals surface area (Å²) in [6.45, 7) is 1.55. The zero-order valence-electron chi connectivity index (χ0n) is 10.4. The summed E-state index contributed by atoms with van der Waals surface area (Å²) in [7, 11) is 0. The molecule has 3 nitrogen and oxygen atoms in total. The van der Waals surface area contributed by atoms with E-state index in [1.54, 1.807) is 18.7 Å². The number of hydrogen-bond acceptors (Lipinski definition) is 3. The first kappa shape index (κ1) is 15.3. The lowest BCUT2D eigenvalue weighted by molar-refractivity contribution is -0.142. The van der Waals surface area contributed by atoms with Crippen molar-refractivity contribution in [3.63, 3.8) is 0 Å². The van der Waals surface area contributed by atoms with Crippen LogP contribution in [0.1, 0.15) is 25.3 Å². The first-order valence-corrected chi connectivity index (χ1v) is 7.29. The van der Waals surface area contributed by atoms with Gasteiger partial charge in [-0.25, -0.2) is 0 Å². The zero-order valence-corrected chi connectivity index (χ0v) is 11.9. The van der Waals surface area contributed by atoms with Crippen LogP contribution in [0.3, 0.4) is 0 Å². The molecule has 0 aliphatic heterocycles. The van der Waals surface area contributed by atoms with E-state index in [1.807, 2.05) is 24.3 Å². The van der Waals surface area contributed by atoms with E-state index in [-0.39, 0.29) is 0 Å². The molecule has 0 aromatic heterocycles. The molecule has 3 N–H and O–H groups in total. The number of nitrogens with two attached hydrogens (primary N) is 1. The first-order chi connectivity index (χ1) is 8.42. The molecule has 100 valence electrons. The molecule has 0 bridgehead atoms. The first-order valence-electron chi connectivity index (χ1n) is 5.76. The van der Waals surface area contributed by atoms with Crippen molar-refractivity contribution in [2.45, 2.75) is 31.1 Å². The smallest absolute Gasteiger partial charge is 0.323 e. The van der Waals surface area contributed by atoms with Gasteiger partial charge in [-0.05, 0) is 43.2 Å². The summed E-state index contributed by atoms with van der Waals surface area (Å²) in [6, 6.07) is 7.75. The highest BCUT2D eigenvalue weighted by molar-refractivity contribution is 7.98. The Balaban J connectivity index is 2.20. The molecule has 1 atom stereocenters. The lowest BCUT2D eigenvalue weighted by Crippen LogP contribution is -2.44. The van der Waals surface area contributed by atoms with E-state index >= 15 is 0 Å². The second kappa shape index (κ2) is 7.02. The van der Waals surface area contributed by atoms with Crippen molar-refractivity contribution >= 4 is 29.3 Å². The average molecular weight is 288 g/mol. The van der Waals surface area contributed by atoms with Gasteiger partial charge in [0.25, 0.3) is 0 Å². The number of carbonyl (C=O) groups is 1. The number of hydrogen-bond donors (Lipinski definition) is 2. The normalized spacial score (nSPS) is 14.2. The maximum absolute atomic E-state index is 10.8. The van der Waals surface area contributed by atoms with E-state index in [4.69, 9.17) is 22.4 Å². The Morgan fingerprint density at radius 2 is 2.06 bits per heavy atom. The summed E-state index contributed by atoms with van der Waals surface area (Å²) < 4.78 is 0. The third-order valence-corrected chi connectivity index (χ3v) is 4.02. The summed E-state index contributed by atoms with van der Waals surface area (Å²) in [6.07, 6.45) is 1.30. The molecule has 0 fully saturated rings. The van der Waals surface area contributed by atoms with Gasteiger partial charge in [0, 0.05) is 10.8 Å². The van der Waals surface area contributed by atoms with Crippen LogP contribution < -0.4 is 5.73 Å². The van der Waals surface area contributed by atoms with Crippen molar-refractivity contribution in [3.8, 4) is 0 Å². The quantitative estimate of drug-likeness (QED) is 0.756. The van der Waals surface area contributed by atoms with Gasteiger partial charge >= 0.3 is 5.97 Å². The molecule has 0 aliphatic rings. The van der Waals surface area contributed by atoms with Crippen molar-refractivity contribution in [3.05, 3.63) is 34.9 Å². The largest absolute Gasteiger partial charge is 0.480 e. The minimum absolute atomic E-state index is 0.496. The van der Waals surface area contributed by atoms with Crippen molar-refractivity contribution in [2.75, 3.05) is 5.75 Å². The Morgan fingerprint density at radius 3 is 2.61 bits per heavy atom. The summed E-state index contributed by atoms with van der Waals surface area (Å²) in [5.41, 5.74) is 5.76. The molecule has 0 saturated carbocycles. The van der Waals surface area contributed by atoms with E-state index in [1.165, 1.54) is 5.56 Å². The van der Waals surface area contributed by atoms with Crippen molar-refractivity contribution in [1.29, 1.82) is 0 Å². The third kappa shape index (κ3) is 5.29. The molecule has 1 aromatic rings. The molecule has 1 aromatic carbocycles. The van der Waals surface area contributed by atoms with Crippen LogP contribution >= 0.6 is 23.4 Å². The van der Waals surface area contributed by atoms with Gasteiger partial charge in [0.1, 0.15) is 5.54 Å².